The van der Waals surface area contributed by atoms with E-state index in [1.54, 1.807) is 12.1 Å². The molecule has 1 aromatic rings. The Labute approximate surface area is 125 Å². The van der Waals surface area contributed by atoms with Crippen LogP contribution < -0.4 is 0 Å². The number of hydrogen-bond acceptors (Lipinski definition) is 4. The normalized spacial score (nSPS) is 17.8. The third kappa shape index (κ3) is 4.03. The quantitative estimate of drug-likeness (QED) is 0.872. The van der Waals surface area contributed by atoms with Crippen molar-refractivity contribution in [2.75, 3.05) is 32.7 Å². The van der Waals surface area contributed by atoms with Gasteiger partial charge in [-0.2, -0.15) is 4.31 Å². The van der Waals surface area contributed by atoms with Crippen molar-refractivity contribution in [1.29, 1.82) is 0 Å². The number of carbonyl (C=O) groups is 1. The Morgan fingerprint density at radius 1 is 1.24 bits per heavy atom. The van der Waals surface area contributed by atoms with E-state index in [0.717, 1.165) is 19.6 Å². The fourth-order valence-electron chi connectivity index (χ4n) is 2.42. The molecule has 0 radical (unpaired) electrons. The Bertz CT molecular complexity index is 607. The van der Waals surface area contributed by atoms with Gasteiger partial charge in [-0.05, 0) is 24.2 Å². The van der Waals surface area contributed by atoms with Gasteiger partial charge >= 0.3 is 5.97 Å². The first-order valence-corrected chi connectivity index (χ1v) is 8.55. The van der Waals surface area contributed by atoms with Crippen molar-refractivity contribution in [3.05, 3.63) is 35.4 Å². The van der Waals surface area contributed by atoms with Crippen molar-refractivity contribution in [2.24, 2.45) is 0 Å². The number of carboxylic acid groups (broad SMARTS) is 1. The van der Waals surface area contributed by atoms with Gasteiger partial charge in [-0.25, -0.2) is 13.2 Å². The number of piperazine rings is 1. The lowest BCUT2D eigenvalue weighted by Crippen LogP contribution is -2.48. The fourth-order valence-corrected chi connectivity index (χ4v) is 3.92. The first-order chi connectivity index (χ1) is 9.92. The largest absolute Gasteiger partial charge is 0.478 e. The van der Waals surface area contributed by atoms with E-state index in [9.17, 15) is 13.2 Å². The molecule has 1 aliphatic heterocycles. The summed E-state index contributed by atoms with van der Waals surface area (Å²) in [6.45, 7) is 5.45. The van der Waals surface area contributed by atoms with Gasteiger partial charge in [0, 0.05) is 26.2 Å². The Hall–Kier alpha value is -1.44. The van der Waals surface area contributed by atoms with Crippen LogP contribution in [0.25, 0.3) is 0 Å². The van der Waals surface area contributed by atoms with Crippen LogP contribution in [0, 0.1) is 0 Å². The van der Waals surface area contributed by atoms with Crippen LogP contribution >= 0.6 is 0 Å². The SMILES string of the molecule is CCN1CCN(S(=O)(=O)Cc2cccc(C(=O)O)c2)CC1. The zero-order chi connectivity index (χ0) is 15.5. The average Bonchev–Trinajstić information content (AvgIpc) is 2.47. The summed E-state index contributed by atoms with van der Waals surface area (Å²) >= 11 is 0. The number of sulfonamides is 1. The summed E-state index contributed by atoms with van der Waals surface area (Å²) in [5.74, 6) is -1.20. The van der Waals surface area contributed by atoms with E-state index >= 15 is 0 Å². The number of rotatable bonds is 5. The molecule has 0 atom stereocenters. The lowest BCUT2D eigenvalue weighted by Gasteiger charge is -2.33. The van der Waals surface area contributed by atoms with E-state index in [2.05, 4.69) is 11.8 Å². The molecule has 0 amide bonds. The highest BCUT2D eigenvalue weighted by Gasteiger charge is 2.26. The summed E-state index contributed by atoms with van der Waals surface area (Å²) in [6, 6.07) is 6.09. The van der Waals surface area contributed by atoms with Crippen molar-refractivity contribution in [1.82, 2.24) is 9.21 Å². The van der Waals surface area contributed by atoms with Crippen molar-refractivity contribution in [3.63, 3.8) is 0 Å². The van der Waals surface area contributed by atoms with Gasteiger partial charge in [-0.1, -0.05) is 19.1 Å². The van der Waals surface area contributed by atoms with Crippen molar-refractivity contribution >= 4 is 16.0 Å². The van der Waals surface area contributed by atoms with E-state index in [-0.39, 0.29) is 11.3 Å². The standard InChI is InChI=1S/C14H20N2O4S/c1-2-15-6-8-16(9-7-15)21(19,20)11-12-4-3-5-13(10-12)14(17)18/h3-5,10H,2,6-9,11H2,1H3,(H,17,18). The topological polar surface area (TPSA) is 77.9 Å². The number of benzene rings is 1. The van der Waals surface area contributed by atoms with Gasteiger partial charge in [0.25, 0.3) is 0 Å². The Morgan fingerprint density at radius 3 is 2.48 bits per heavy atom. The van der Waals surface area contributed by atoms with E-state index in [1.165, 1.54) is 16.4 Å². The van der Waals surface area contributed by atoms with Crippen molar-refractivity contribution in [2.45, 2.75) is 12.7 Å². The first-order valence-electron chi connectivity index (χ1n) is 6.95. The molecule has 1 fully saturated rings. The molecule has 0 aliphatic carbocycles. The third-order valence-electron chi connectivity index (χ3n) is 3.69. The molecule has 1 aromatic carbocycles. The van der Waals surface area contributed by atoms with Gasteiger partial charge < -0.3 is 10.0 Å². The monoisotopic (exact) mass is 312 g/mol. The zero-order valence-electron chi connectivity index (χ0n) is 12.0. The van der Waals surface area contributed by atoms with Crippen LogP contribution in [-0.4, -0.2) is 61.4 Å². The molecule has 0 saturated carbocycles. The van der Waals surface area contributed by atoms with Crippen LogP contribution in [0.2, 0.25) is 0 Å². The molecule has 0 bridgehead atoms. The molecule has 0 spiro atoms. The maximum atomic E-state index is 12.4. The second-order valence-electron chi connectivity index (χ2n) is 5.10. The van der Waals surface area contributed by atoms with E-state index < -0.39 is 16.0 Å². The summed E-state index contributed by atoms with van der Waals surface area (Å²) in [5.41, 5.74) is 0.617. The summed E-state index contributed by atoms with van der Waals surface area (Å²) in [6.07, 6.45) is 0. The van der Waals surface area contributed by atoms with Gasteiger partial charge in [-0.15, -0.1) is 0 Å². The van der Waals surface area contributed by atoms with Gasteiger partial charge in [-0.3, -0.25) is 0 Å². The maximum absolute atomic E-state index is 12.4. The molecule has 21 heavy (non-hydrogen) atoms. The van der Waals surface area contributed by atoms with Crippen LogP contribution in [-0.2, 0) is 15.8 Å². The highest BCUT2D eigenvalue weighted by atomic mass is 32.2. The molecule has 7 heteroatoms. The highest BCUT2D eigenvalue weighted by Crippen LogP contribution is 2.15. The third-order valence-corrected chi connectivity index (χ3v) is 5.54. The van der Waals surface area contributed by atoms with E-state index in [0.29, 0.717) is 18.7 Å². The number of hydrogen-bond donors (Lipinski definition) is 1. The molecule has 6 nitrogen and oxygen atoms in total. The molecule has 0 unspecified atom stereocenters. The maximum Gasteiger partial charge on any atom is 0.335 e. The van der Waals surface area contributed by atoms with E-state index in [4.69, 9.17) is 5.11 Å². The van der Waals surface area contributed by atoms with Crippen molar-refractivity contribution < 1.29 is 18.3 Å². The van der Waals surface area contributed by atoms with Gasteiger partial charge in [0.15, 0.2) is 0 Å². The molecule has 1 aliphatic rings. The van der Waals surface area contributed by atoms with Crippen LogP contribution in [0.15, 0.2) is 24.3 Å². The molecular weight excluding hydrogens is 292 g/mol. The number of nitrogens with zero attached hydrogens (tertiary/aromatic N) is 2. The molecule has 116 valence electrons. The predicted molar refractivity (Wildman–Crippen MR) is 79.7 cm³/mol. The van der Waals surface area contributed by atoms with Crippen LogP contribution in [0.1, 0.15) is 22.8 Å². The predicted octanol–water partition coefficient (Wildman–Crippen LogP) is 0.852. The van der Waals surface area contributed by atoms with Crippen LogP contribution in [0.3, 0.4) is 0 Å². The van der Waals surface area contributed by atoms with Crippen LogP contribution in [0.4, 0.5) is 0 Å². The van der Waals surface area contributed by atoms with Gasteiger partial charge in [0.1, 0.15) is 0 Å². The Morgan fingerprint density at radius 2 is 1.90 bits per heavy atom. The minimum Gasteiger partial charge on any atom is -0.478 e. The Balaban J connectivity index is 2.07. The van der Waals surface area contributed by atoms with Gasteiger partial charge in [0.2, 0.25) is 10.0 Å². The molecule has 1 saturated heterocycles. The van der Waals surface area contributed by atoms with Gasteiger partial charge in [0.05, 0.1) is 11.3 Å². The average molecular weight is 312 g/mol. The second kappa shape index (κ2) is 6.55. The van der Waals surface area contributed by atoms with E-state index in [1.807, 2.05) is 0 Å². The second-order valence-corrected chi connectivity index (χ2v) is 7.06. The summed E-state index contributed by atoms with van der Waals surface area (Å²) in [7, 11) is -3.40. The van der Waals surface area contributed by atoms with Crippen molar-refractivity contribution in [3.8, 4) is 0 Å². The molecule has 0 aromatic heterocycles. The minimum absolute atomic E-state index is 0.110. The summed E-state index contributed by atoms with van der Waals surface area (Å²) < 4.78 is 26.3. The fraction of sp³-hybridized carbons (Fsp3) is 0.500. The number of carboxylic acids is 1. The lowest BCUT2D eigenvalue weighted by molar-refractivity contribution is 0.0696. The molecule has 2 rings (SSSR count). The minimum atomic E-state index is -3.40. The lowest BCUT2D eigenvalue weighted by atomic mass is 10.1. The Kier molecular flexibility index (Phi) is 4.97. The highest BCUT2D eigenvalue weighted by molar-refractivity contribution is 7.88. The zero-order valence-corrected chi connectivity index (χ0v) is 12.8. The number of aromatic carboxylic acids is 1. The van der Waals surface area contributed by atoms with Crippen LogP contribution in [0.5, 0.6) is 0 Å². The summed E-state index contributed by atoms with van der Waals surface area (Å²) in [5, 5.41) is 8.95. The number of likely N-dealkylation sites (N-methyl/N-ethyl adjacent to an activating group) is 1. The summed E-state index contributed by atoms with van der Waals surface area (Å²) in [4.78, 5) is 13.1. The smallest absolute Gasteiger partial charge is 0.335 e. The first kappa shape index (κ1) is 15.9. The molecule has 1 heterocycles. The molecule has 1 N–H and O–H groups in total. The molecular formula is C14H20N2O4S.